The number of carbonyl (C=O) groups excluding carboxylic acids is 2. The maximum absolute atomic E-state index is 12.0. The molecule has 3 aromatic rings. The summed E-state index contributed by atoms with van der Waals surface area (Å²) in [5, 5.41) is 5.16. The van der Waals surface area contributed by atoms with Crippen LogP contribution in [0.2, 0.25) is 5.02 Å². The first-order valence-electron chi connectivity index (χ1n) is 11.0. The number of imide groups is 1. The highest BCUT2D eigenvalue weighted by Crippen LogP contribution is 2.16. The zero-order chi connectivity index (χ0) is 27.5. The van der Waals surface area contributed by atoms with Crippen LogP contribution in [0.3, 0.4) is 0 Å². The number of hydrogen-bond donors (Lipinski definition) is 3. The number of carbonyl (C=O) groups is 2. The van der Waals surface area contributed by atoms with E-state index in [0.717, 1.165) is 5.01 Å². The van der Waals surface area contributed by atoms with E-state index in [4.69, 9.17) is 27.8 Å². The molecule has 1 aliphatic heterocycles. The van der Waals surface area contributed by atoms with Crippen LogP contribution in [0.5, 0.6) is 5.88 Å². The van der Waals surface area contributed by atoms with E-state index in [1.165, 1.54) is 25.6 Å². The highest BCUT2D eigenvalue weighted by molar-refractivity contribution is 7.86. The number of nitrogens with two attached hydrogens (primary N) is 2. The molecule has 2 aromatic carbocycles. The highest BCUT2D eigenvalue weighted by atomic mass is 35.5. The summed E-state index contributed by atoms with van der Waals surface area (Å²) in [6.45, 7) is 5.61. The van der Waals surface area contributed by atoms with Crippen LogP contribution in [-0.2, 0) is 15.8 Å². The van der Waals surface area contributed by atoms with Gasteiger partial charge in [-0.3, -0.25) is 14.3 Å². The van der Waals surface area contributed by atoms with Gasteiger partial charge in [0.15, 0.2) is 11.0 Å². The van der Waals surface area contributed by atoms with E-state index in [0.29, 0.717) is 38.6 Å². The van der Waals surface area contributed by atoms with Crippen molar-refractivity contribution in [3.05, 3.63) is 71.5 Å². The van der Waals surface area contributed by atoms with Crippen molar-refractivity contribution < 1.29 is 18.5 Å². The molecule has 5 N–H and O–H groups in total. The molecule has 37 heavy (non-hydrogen) atoms. The summed E-state index contributed by atoms with van der Waals surface area (Å²) < 4.78 is 19.7. The molecule has 2 heterocycles. The van der Waals surface area contributed by atoms with Crippen molar-refractivity contribution in [3.8, 4) is 5.88 Å². The Hall–Kier alpha value is -3.87. The van der Waals surface area contributed by atoms with Crippen LogP contribution in [-0.4, -0.2) is 49.9 Å². The maximum atomic E-state index is 12.0. The second-order valence-corrected chi connectivity index (χ2v) is 8.72. The number of amides is 2. The van der Waals surface area contributed by atoms with Crippen molar-refractivity contribution in [3.63, 3.8) is 0 Å². The van der Waals surface area contributed by atoms with Gasteiger partial charge in [-0.05, 0) is 55.5 Å². The molecule has 13 heteroatoms. The Morgan fingerprint density at radius 3 is 2.27 bits per heavy atom. The van der Waals surface area contributed by atoms with Crippen molar-refractivity contribution in [1.29, 1.82) is 0 Å². The first kappa shape index (κ1) is 29.4. The molecule has 0 saturated heterocycles. The molecule has 4 rings (SSSR count). The summed E-state index contributed by atoms with van der Waals surface area (Å²) in [4.78, 5) is 32.0. The molecule has 0 spiro atoms. The molecule has 0 saturated carbocycles. The molecular weight excluding hydrogens is 518 g/mol. The summed E-state index contributed by atoms with van der Waals surface area (Å²) in [6, 6.07) is 13.7. The predicted molar refractivity (Wildman–Crippen MR) is 145 cm³/mol. The quantitative estimate of drug-likeness (QED) is 0.324. The van der Waals surface area contributed by atoms with Gasteiger partial charge >= 0.3 is 0 Å². The smallest absolute Gasteiger partial charge is 0.281 e. The third-order valence-corrected chi connectivity index (χ3v) is 5.96. The van der Waals surface area contributed by atoms with Crippen LogP contribution in [0.4, 0.5) is 11.5 Å². The van der Waals surface area contributed by atoms with Crippen LogP contribution in [0.1, 0.15) is 31.1 Å². The van der Waals surface area contributed by atoms with Crippen LogP contribution >= 0.6 is 11.6 Å². The number of nitrogens with zero attached hydrogens (tertiary/aromatic N) is 4. The zero-order valence-corrected chi connectivity index (χ0v) is 22.3. The van der Waals surface area contributed by atoms with Gasteiger partial charge in [0.05, 0.1) is 17.7 Å². The van der Waals surface area contributed by atoms with E-state index in [1.54, 1.807) is 49.4 Å². The fourth-order valence-electron chi connectivity index (χ4n) is 2.69. The number of hydrazone groups is 1. The average molecular weight is 546 g/mol. The fraction of sp³-hybridized carbons (Fsp3) is 0.208. The second kappa shape index (κ2) is 14.0. The lowest BCUT2D eigenvalue weighted by molar-refractivity contribution is -0.127. The van der Waals surface area contributed by atoms with Crippen molar-refractivity contribution in [1.82, 2.24) is 15.0 Å². The van der Waals surface area contributed by atoms with E-state index in [1.807, 2.05) is 13.8 Å². The van der Waals surface area contributed by atoms with Gasteiger partial charge in [0.25, 0.3) is 11.8 Å². The van der Waals surface area contributed by atoms with Crippen LogP contribution < -0.4 is 20.9 Å². The summed E-state index contributed by atoms with van der Waals surface area (Å²) >= 11 is 5.71. The summed E-state index contributed by atoms with van der Waals surface area (Å²) in [7, 11) is 0.0987. The van der Waals surface area contributed by atoms with E-state index in [2.05, 4.69) is 19.8 Å². The van der Waals surface area contributed by atoms with Crippen molar-refractivity contribution >= 4 is 51.6 Å². The predicted octanol–water partition coefficient (Wildman–Crippen LogP) is 3.25. The lowest BCUT2D eigenvalue weighted by Crippen LogP contribution is -2.40. The fourth-order valence-corrected chi connectivity index (χ4v) is 3.62. The van der Waals surface area contributed by atoms with Crippen molar-refractivity contribution in [2.45, 2.75) is 31.7 Å². The van der Waals surface area contributed by atoms with E-state index >= 15 is 0 Å². The molecule has 2 amide bonds. The Bertz CT molecular complexity index is 1270. The van der Waals surface area contributed by atoms with Crippen LogP contribution in [0.25, 0.3) is 0 Å². The van der Waals surface area contributed by atoms with E-state index in [-0.39, 0.29) is 0 Å². The third kappa shape index (κ3) is 8.07. The maximum Gasteiger partial charge on any atom is 0.281 e. The number of benzene rings is 2. The van der Waals surface area contributed by atoms with Crippen LogP contribution in [0, 0.1) is 0 Å². The number of halogens is 1. The molecule has 0 aliphatic carbocycles. The average Bonchev–Trinajstić information content (AvgIpc) is 3.18. The molecule has 1 aliphatic rings. The number of hydrogen-bond acceptors (Lipinski definition) is 9. The number of anilines is 2. The Labute approximate surface area is 222 Å². The highest BCUT2D eigenvalue weighted by Gasteiger charge is 2.35. The summed E-state index contributed by atoms with van der Waals surface area (Å²) in [5.41, 5.74) is 12.5. The Morgan fingerprint density at radius 1 is 1.11 bits per heavy atom. The minimum atomic E-state index is -1.40. The van der Waals surface area contributed by atoms with Gasteiger partial charge in [-0.1, -0.05) is 25.4 Å². The largest absolute Gasteiger partial charge is 0.481 e. The van der Waals surface area contributed by atoms with Gasteiger partial charge in [0.1, 0.15) is 18.2 Å². The summed E-state index contributed by atoms with van der Waals surface area (Å²) in [5.74, 6) is -0.180. The molecule has 0 radical (unpaired) electrons. The number of nitrogen functional groups attached to an aromatic ring is 1. The van der Waals surface area contributed by atoms with Crippen LogP contribution in [0.15, 0.2) is 70.9 Å². The first-order valence-corrected chi connectivity index (χ1v) is 12.6. The minimum Gasteiger partial charge on any atom is -0.481 e. The molecule has 0 fully saturated rings. The van der Waals surface area contributed by atoms with E-state index < -0.39 is 28.8 Å². The normalized spacial score (nSPS) is 14.9. The Morgan fingerprint density at radius 2 is 1.73 bits per heavy atom. The Kier molecular flexibility index (Phi) is 11.1. The number of aromatic nitrogens is 2. The van der Waals surface area contributed by atoms with Gasteiger partial charge in [-0.15, -0.1) is 0 Å². The monoisotopic (exact) mass is 545 g/mol. The molecule has 11 nitrogen and oxygen atoms in total. The lowest BCUT2D eigenvalue weighted by atomic mass is 10.2. The topological polar surface area (TPSA) is 166 Å². The number of methoxy groups -OCH3 is 1. The minimum absolute atomic E-state index is 0.341. The molecule has 2 atom stereocenters. The van der Waals surface area contributed by atoms with Gasteiger partial charge in [0, 0.05) is 22.3 Å². The molecule has 1 aromatic heterocycles. The lowest BCUT2D eigenvalue weighted by Gasteiger charge is -2.10. The van der Waals surface area contributed by atoms with Crippen molar-refractivity contribution in [2.75, 3.05) is 17.6 Å². The standard InChI is InChI=1S/C11H10ClN3O2.C11H12N4O2S.C2H6/c1-6-9(13)11(17)15(14-6)10(16)7-2-4-8(12)5-3-7;1-17-11-6-10(13-7-14-11)15-18(16)9-4-2-8(12)3-5-9;1-2/h2-5,9H,13H2,1H3;2-7H,12H2,1H3,(H,13,14,15);1-2H3. The molecule has 2 unspecified atom stereocenters. The third-order valence-electron chi connectivity index (χ3n) is 4.61. The van der Waals surface area contributed by atoms with Gasteiger partial charge in [-0.2, -0.15) is 10.1 Å². The zero-order valence-electron chi connectivity index (χ0n) is 20.7. The second-order valence-electron chi connectivity index (χ2n) is 7.07. The Balaban J connectivity index is 0.000000244. The molecular formula is C24H28ClN7O4S. The first-order chi connectivity index (χ1) is 17.7. The van der Waals surface area contributed by atoms with Gasteiger partial charge in [-0.25, -0.2) is 14.2 Å². The number of ether oxygens (including phenoxy) is 1. The van der Waals surface area contributed by atoms with Crippen molar-refractivity contribution in [2.24, 2.45) is 10.8 Å². The SMILES string of the molecule is CC.CC1=NN(C(=O)c2ccc(Cl)cc2)C(=O)C1N.COc1cc(NS(=O)c2ccc(N)cc2)ncn1. The van der Waals surface area contributed by atoms with Gasteiger partial charge in [0.2, 0.25) is 5.88 Å². The van der Waals surface area contributed by atoms with Gasteiger partial charge < -0.3 is 16.2 Å². The van der Waals surface area contributed by atoms with E-state index in [9.17, 15) is 13.8 Å². The summed E-state index contributed by atoms with van der Waals surface area (Å²) in [6.07, 6.45) is 1.33. The number of rotatable bonds is 5. The number of nitrogens with one attached hydrogen (secondary N) is 1. The molecule has 0 bridgehead atoms. The molecule has 196 valence electrons.